The topological polar surface area (TPSA) is 77.2 Å². The van der Waals surface area contributed by atoms with Gasteiger partial charge in [0.05, 0.1) is 12.1 Å². The minimum atomic E-state index is -0.288. The molecule has 1 aliphatic carbocycles. The van der Waals surface area contributed by atoms with E-state index in [1.54, 1.807) is 0 Å². The number of hydrogen-bond acceptors (Lipinski definition) is 5. The van der Waals surface area contributed by atoms with Crippen LogP contribution in [-0.4, -0.2) is 22.7 Å². The maximum atomic E-state index is 12.6. The summed E-state index contributed by atoms with van der Waals surface area (Å²) in [6.07, 6.45) is 3.65. The smallest absolute Gasteiger partial charge is 0.227 e. The van der Waals surface area contributed by atoms with Crippen molar-refractivity contribution in [3.63, 3.8) is 0 Å². The summed E-state index contributed by atoms with van der Waals surface area (Å²) >= 11 is 6.00. The van der Waals surface area contributed by atoms with Gasteiger partial charge in [0, 0.05) is 23.4 Å². The van der Waals surface area contributed by atoms with Crippen molar-refractivity contribution in [1.29, 1.82) is 0 Å². The van der Waals surface area contributed by atoms with Crippen LogP contribution in [0.3, 0.4) is 0 Å². The highest BCUT2D eigenvalue weighted by Gasteiger charge is 2.39. The van der Waals surface area contributed by atoms with Gasteiger partial charge in [-0.25, -0.2) is 0 Å². The number of carbonyl (C=O) groups is 1. The summed E-state index contributed by atoms with van der Waals surface area (Å²) in [5.41, 5.74) is 1.65. The fourth-order valence-electron chi connectivity index (χ4n) is 3.68. The van der Waals surface area contributed by atoms with Gasteiger partial charge in [0.2, 0.25) is 17.6 Å². The van der Waals surface area contributed by atoms with Gasteiger partial charge in [-0.3, -0.25) is 4.79 Å². The average molecular weight is 426 g/mol. The number of aromatic nitrogens is 2. The number of carbonyl (C=O) groups excluding carboxylic acids is 1. The molecule has 0 bridgehead atoms. The Morgan fingerprint density at radius 2 is 1.90 bits per heavy atom. The number of hydrogen-bond donors (Lipinski definition) is 1. The number of amides is 1. The summed E-state index contributed by atoms with van der Waals surface area (Å²) in [6, 6.07) is 15.2. The van der Waals surface area contributed by atoms with Crippen molar-refractivity contribution in [2.75, 3.05) is 6.61 Å². The number of halogens is 1. The van der Waals surface area contributed by atoms with Crippen molar-refractivity contribution in [3.05, 3.63) is 65.0 Å². The SMILES string of the molecule is CCOc1ccc(-c2noc(CCC(=O)NC3(c4ccc(Cl)cc4)CCC3)n2)cc1. The predicted octanol–water partition coefficient (Wildman–Crippen LogP) is 4.92. The number of nitrogens with zero attached hydrogens (tertiary/aromatic N) is 2. The van der Waals surface area contributed by atoms with Crippen LogP contribution in [0.25, 0.3) is 11.4 Å². The van der Waals surface area contributed by atoms with Gasteiger partial charge in [-0.2, -0.15) is 4.98 Å². The molecule has 0 atom stereocenters. The lowest BCUT2D eigenvalue weighted by Gasteiger charge is -2.43. The Kier molecular flexibility index (Phi) is 6.04. The van der Waals surface area contributed by atoms with Crippen molar-refractivity contribution >= 4 is 17.5 Å². The molecule has 3 aromatic rings. The molecule has 1 N–H and O–H groups in total. The summed E-state index contributed by atoms with van der Waals surface area (Å²) in [5.74, 6) is 1.73. The standard InChI is InChI=1S/C23H24ClN3O3/c1-2-29-19-10-4-16(5-11-19)22-25-21(30-27-22)13-12-20(28)26-23(14-3-15-23)17-6-8-18(24)9-7-17/h4-11H,2-3,12-15H2,1H3,(H,26,28). The molecule has 0 spiro atoms. The Morgan fingerprint density at radius 1 is 1.17 bits per heavy atom. The molecule has 6 nitrogen and oxygen atoms in total. The van der Waals surface area contributed by atoms with Crippen LogP contribution in [0.1, 0.15) is 44.1 Å². The summed E-state index contributed by atoms with van der Waals surface area (Å²) in [4.78, 5) is 17.0. The molecule has 7 heteroatoms. The second kappa shape index (κ2) is 8.88. The van der Waals surface area contributed by atoms with Crippen LogP contribution in [0.4, 0.5) is 0 Å². The van der Waals surface area contributed by atoms with Gasteiger partial charge in [0.1, 0.15) is 5.75 Å². The molecule has 0 saturated heterocycles. The van der Waals surface area contributed by atoms with E-state index in [1.165, 1.54) is 0 Å². The fraction of sp³-hybridized carbons (Fsp3) is 0.348. The summed E-state index contributed by atoms with van der Waals surface area (Å²) in [5, 5.41) is 7.93. The monoisotopic (exact) mass is 425 g/mol. The molecule has 4 rings (SSSR count). The molecule has 1 heterocycles. The molecule has 2 aromatic carbocycles. The molecule has 1 amide bonds. The van der Waals surface area contributed by atoms with Gasteiger partial charge in [-0.15, -0.1) is 0 Å². The van der Waals surface area contributed by atoms with Crippen LogP contribution in [0.15, 0.2) is 53.1 Å². The van der Waals surface area contributed by atoms with Gasteiger partial charge in [0.25, 0.3) is 0 Å². The number of nitrogens with one attached hydrogen (secondary N) is 1. The summed E-state index contributed by atoms with van der Waals surface area (Å²) < 4.78 is 10.8. The minimum Gasteiger partial charge on any atom is -0.494 e. The maximum Gasteiger partial charge on any atom is 0.227 e. The lowest BCUT2D eigenvalue weighted by atomic mass is 9.71. The molecule has 0 aliphatic heterocycles. The first-order valence-electron chi connectivity index (χ1n) is 10.2. The first kappa shape index (κ1) is 20.4. The van der Waals surface area contributed by atoms with E-state index in [-0.39, 0.29) is 11.4 Å². The highest BCUT2D eigenvalue weighted by atomic mass is 35.5. The first-order valence-corrected chi connectivity index (χ1v) is 10.6. The van der Waals surface area contributed by atoms with Crippen LogP contribution in [0.5, 0.6) is 5.75 Å². The highest BCUT2D eigenvalue weighted by molar-refractivity contribution is 6.30. The van der Waals surface area contributed by atoms with Crippen molar-refractivity contribution in [1.82, 2.24) is 15.5 Å². The van der Waals surface area contributed by atoms with Gasteiger partial charge >= 0.3 is 0 Å². The molecular formula is C23H24ClN3O3. The normalized spacial score (nSPS) is 14.7. The summed E-state index contributed by atoms with van der Waals surface area (Å²) in [6.45, 7) is 2.56. The number of benzene rings is 2. The van der Waals surface area contributed by atoms with Crippen LogP contribution >= 0.6 is 11.6 Å². The van der Waals surface area contributed by atoms with Crippen LogP contribution < -0.4 is 10.1 Å². The molecule has 1 saturated carbocycles. The fourth-order valence-corrected chi connectivity index (χ4v) is 3.80. The lowest BCUT2D eigenvalue weighted by Crippen LogP contribution is -2.50. The largest absolute Gasteiger partial charge is 0.494 e. The van der Waals surface area contributed by atoms with Gasteiger partial charge in [0.15, 0.2) is 0 Å². The minimum absolute atomic E-state index is 0.0227. The second-order valence-corrected chi connectivity index (χ2v) is 7.90. The maximum absolute atomic E-state index is 12.6. The Bertz CT molecular complexity index is 995. The highest BCUT2D eigenvalue weighted by Crippen LogP contribution is 2.41. The summed E-state index contributed by atoms with van der Waals surface area (Å²) in [7, 11) is 0. The molecule has 1 fully saturated rings. The Hall–Kier alpha value is -2.86. The third-order valence-electron chi connectivity index (χ3n) is 5.44. The molecule has 156 valence electrons. The van der Waals surface area contributed by atoms with E-state index < -0.39 is 0 Å². The molecule has 30 heavy (non-hydrogen) atoms. The van der Waals surface area contributed by atoms with Gasteiger partial charge < -0.3 is 14.6 Å². The quantitative estimate of drug-likeness (QED) is 0.554. The third-order valence-corrected chi connectivity index (χ3v) is 5.69. The average Bonchev–Trinajstić information content (AvgIpc) is 3.20. The number of aryl methyl sites for hydroxylation is 1. The van der Waals surface area contributed by atoms with E-state index in [4.69, 9.17) is 20.9 Å². The Morgan fingerprint density at radius 3 is 2.53 bits per heavy atom. The van der Waals surface area contributed by atoms with E-state index in [0.29, 0.717) is 36.2 Å². The zero-order valence-corrected chi connectivity index (χ0v) is 17.6. The van der Waals surface area contributed by atoms with E-state index in [1.807, 2.05) is 55.5 Å². The van der Waals surface area contributed by atoms with Crippen LogP contribution in [0.2, 0.25) is 5.02 Å². The molecule has 0 unspecified atom stereocenters. The van der Waals surface area contributed by atoms with Crippen molar-refractivity contribution in [2.24, 2.45) is 0 Å². The van der Waals surface area contributed by atoms with Crippen molar-refractivity contribution in [2.45, 2.75) is 44.6 Å². The van der Waals surface area contributed by atoms with Gasteiger partial charge in [-0.1, -0.05) is 28.9 Å². The predicted molar refractivity (Wildman–Crippen MR) is 114 cm³/mol. The molecule has 1 aliphatic rings. The zero-order chi connectivity index (χ0) is 21.0. The Balaban J connectivity index is 1.34. The molecule has 0 radical (unpaired) electrons. The van der Waals surface area contributed by atoms with E-state index in [2.05, 4.69) is 15.5 Å². The Labute approximate surface area is 180 Å². The molecular weight excluding hydrogens is 402 g/mol. The van der Waals surface area contributed by atoms with E-state index in [0.717, 1.165) is 36.1 Å². The van der Waals surface area contributed by atoms with Crippen LogP contribution in [-0.2, 0) is 16.8 Å². The van der Waals surface area contributed by atoms with Crippen molar-refractivity contribution < 1.29 is 14.1 Å². The van der Waals surface area contributed by atoms with E-state index in [9.17, 15) is 4.79 Å². The van der Waals surface area contributed by atoms with E-state index >= 15 is 0 Å². The number of rotatable bonds is 8. The number of ether oxygens (including phenoxy) is 1. The van der Waals surface area contributed by atoms with Crippen LogP contribution in [0, 0.1) is 0 Å². The first-order chi connectivity index (χ1) is 14.6. The second-order valence-electron chi connectivity index (χ2n) is 7.46. The van der Waals surface area contributed by atoms with Crippen molar-refractivity contribution in [3.8, 4) is 17.1 Å². The van der Waals surface area contributed by atoms with Gasteiger partial charge in [-0.05, 0) is 68.1 Å². The molecule has 1 aromatic heterocycles. The lowest BCUT2D eigenvalue weighted by molar-refractivity contribution is -0.124. The zero-order valence-electron chi connectivity index (χ0n) is 16.9. The third kappa shape index (κ3) is 4.49.